The molecule has 0 aliphatic rings. The Morgan fingerprint density at radius 1 is 1.18 bits per heavy atom. The monoisotopic (exact) mass is 310 g/mol. The van der Waals surface area contributed by atoms with Crippen LogP contribution in [-0.4, -0.2) is 11.2 Å². The average Bonchev–Trinajstić information content (AvgIpc) is 2.55. The van der Waals surface area contributed by atoms with E-state index in [9.17, 15) is 9.65 Å². The first-order valence-corrected chi connectivity index (χ1v) is 7.74. The van der Waals surface area contributed by atoms with Crippen molar-refractivity contribution < 1.29 is 9.13 Å². The summed E-state index contributed by atoms with van der Waals surface area (Å²) < 4.78 is 19.2. The van der Waals surface area contributed by atoms with Crippen LogP contribution in [0.4, 0.5) is 4.39 Å². The largest absolute Gasteiger partial charge is 0.455 e. The normalized spacial score (nSPS) is 10.4. The molecule has 0 amide bonds. The van der Waals surface area contributed by atoms with Crippen molar-refractivity contribution in [1.29, 1.82) is 5.26 Å². The molecule has 0 saturated heterocycles. The average molecular weight is 310 g/mol. The van der Waals surface area contributed by atoms with Crippen molar-refractivity contribution in [1.82, 2.24) is 4.98 Å². The lowest BCUT2D eigenvalue weighted by molar-refractivity contribution is 0.486. The second-order valence-corrected chi connectivity index (χ2v) is 5.43. The van der Waals surface area contributed by atoms with Crippen molar-refractivity contribution in [2.75, 3.05) is 6.26 Å². The van der Waals surface area contributed by atoms with Crippen LogP contribution in [0.5, 0.6) is 11.5 Å². The summed E-state index contributed by atoms with van der Waals surface area (Å²) in [6.45, 7) is 0. The van der Waals surface area contributed by atoms with Gasteiger partial charge in [0, 0.05) is 22.5 Å². The van der Waals surface area contributed by atoms with Crippen molar-refractivity contribution in [2.24, 2.45) is 0 Å². The second-order valence-electron chi connectivity index (χ2n) is 4.55. The standard InChI is InChI=1S/C17H11FN2OS/c1-22-14-5-3-13(4-6-14)21-17-11(9-19)10-20-16-8-12(18)2-7-15(16)17/h2-8,10H,1H3. The summed E-state index contributed by atoms with van der Waals surface area (Å²) in [5, 5.41) is 9.85. The molecule has 3 nitrogen and oxygen atoms in total. The Kier molecular flexibility index (Phi) is 3.94. The molecule has 0 spiro atoms. The number of ether oxygens (including phenoxy) is 1. The number of pyridine rings is 1. The van der Waals surface area contributed by atoms with Gasteiger partial charge < -0.3 is 4.74 Å². The maximum atomic E-state index is 13.3. The zero-order valence-electron chi connectivity index (χ0n) is 11.7. The number of rotatable bonds is 3. The van der Waals surface area contributed by atoms with E-state index in [1.807, 2.05) is 30.5 Å². The van der Waals surface area contributed by atoms with E-state index < -0.39 is 0 Å². The van der Waals surface area contributed by atoms with Gasteiger partial charge >= 0.3 is 0 Å². The maximum absolute atomic E-state index is 13.3. The third-order valence-electron chi connectivity index (χ3n) is 3.18. The molecule has 0 bridgehead atoms. The molecule has 0 saturated carbocycles. The molecule has 3 rings (SSSR count). The number of hydrogen-bond acceptors (Lipinski definition) is 4. The topological polar surface area (TPSA) is 45.9 Å². The van der Waals surface area contributed by atoms with E-state index in [1.165, 1.54) is 18.3 Å². The van der Waals surface area contributed by atoms with E-state index in [0.717, 1.165) is 4.90 Å². The van der Waals surface area contributed by atoms with Gasteiger partial charge in [0.05, 0.1) is 5.52 Å². The van der Waals surface area contributed by atoms with E-state index in [4.69, 9.17) is 4.74 Å². The Hall–Kier alpha value is -2.58. The van der Waals surface area contributed by atoms with Crippen LogP contribution in [0.15, 0.2) is 53.6 Å². The van der Waals surface area contributed by atoms with Crippen LogP contribution in [-0.2, 0) is 0 Å². The van der Waals surface area contributed by atoms with Crippen LogP contribution < -0.4 is 4.74 Å². The summed E-state index contributed by atoms with van der Waals surface area (Å²) in [6, 6.07) is 13.8. The number of fused-ring (bicyclic) bond motifs is 1. The molecular weight excluding hydrogens is 299 g/mol. The smallest absolute Gasteiger partial charge is 0.156 e. The lowest BCUT2D eigenvalue weighted by Gasteiger charge is -2.10. The molecule has 3 aromatic rings. The van der Waals surface area contributed by atoms with Crippen molar-refractivity contribution in [3.63, 3.8) is 0 Å². The van der Waals surface area contributed by atoms with Crippen LogP contribution in [0.1, 0.15) is 5.56 Å². The third-order valence-corrected chi connectivity index (χ3v) is 3.93. The van der Waals surface area contributed by atoms with Crippen LogP contribution in [0.2, 0.25) is 0 Å². The van der Waals surface area contributed by atoms with Crippen molar-refractivity contribution >= 4 is 22.7 Å². The Labute approximate surface area is 131 Å². The van der Waals surface area contributed by atoms with E-state index >= 15 is 0 Å². The molecule has 0 aliphatic heterocycles. The molecule has 5 heteroatoms. The quantitative estimate of drug-likeness (QED) is 0.654. The van der Waals surface area contributed by atoms with Gasteiger partial charge in [-0.05, 0) is 42.7 Å². The molecule has 0 atom stereocenters. The van der Waals surface area contributed by atoms with Gasteiger partial charge in [-0.15, -0.1) is 11.8 Å². The molecule has 108 valence electrons. The first kappa shape index (κ1) is 14.4. The zero-order chi connectivity index (χ0) is 15.5. The predicted molar refractivity (Wildman–Crippen MR) is 84.7 cm³/mol. The minimum Gasteiger partial charge on any atom is -0.455 e. The van der Waals surface area contributed by atoms with Crippen molar-refractivity contribution in [3.05, 3.63) is 60.0 Å². The summed E-state index contributed by atoms with van der Waals surface area (Å²) in [5.41, 5.74) is 0.766. The predicted octanol–water partition coefficient (Wildman–Crippen LogP) is 4.76. The van der Waals surface area contributed by atoms with Crippen LogP contribution in [0.3, 0.4) is 0 Å². The molecule has 2 aromatic carbocycles. The van der Waals surface area contributed by atoms with Gasteiger partial charge in [-0.1, -0.05) is 0 Å². The zero-order valence-corrected chi connectivity index (χ0v) is 12.5. The highest BCUT2D eigenvalue weighted by Crippen LogP contribution is 2.33. The summed E-state index contributed by atoms with van der Waals surface area (Å²) in [6.07, 6.45) is 3.39. The Morgan fingerprint density at radius 3 is 2.64 bits per heavy atom. The van der Waals surface area contributed by atoms with Gasteiger partial charge in [-0.25, -0.2) is 4.39 Å². The number of nitriles is 1. The van der Waals surface area contributed by atoms with E-state index in [2.05, 4.69) is 11.1 Å². The highest BCUT2D eigenvalue weighted by Gasteiger charge is 2.12. The molecule has 0 fully saturated rings. The molecule has 0 aliphatic carbocycles. The Balaban J connectivity index is 2.09. The first-order valence-electron chi connectivity index (χ1n) is 6.51. The fourth-order valence-electron chi connectivity index (χ4n) is 2.09. The summed E-state index contributed by atoms with van der Waals surface area (Å²) in [4.78, 5) is 5.22. The fraction of sp³-hybridized carbons (Fsp3) is 0.0588. The Morgan fingerprint density at radius 2 is 1.95 bits per heavy atom. The SMILES string of the molecule is CSc1ccc(Oc2c(C#N)cnc3cc(F)ccc23)cc1. The third kappa shape index (κ3) is 2.74. The number of halogens is 1. The van der Waals surface area contributed by atoms with Crippen LogP contribution in [0, 0.1) is 17.1 Å². The van der Waals surface area contributed by atoms with Gasteiger partial charge in [-0.3, -0.25) is 4.98 Å². The van der Waals surface area contributed by atoms with Gasteiger partial charge in [0.1, 0.15) is 23.2 Å². The number of aromatic nitrogens is 1. The highest BCUT2D eigenvalue weighted by molar-refractivity contribution is 7.98. The van der Waals surface area contributed by atoms with Gasteiger partial charge in [0.15, 0.2) is 5.75 Å². The minimum absolute atomic E-state index is 0.313. The maximum Gasteiger partial charge on any atom is 0.156 e. The van der Waals surface area contributed by atoms with Gasteiger partial charge in [0.25, 0.3) is 0 Å². The van der Waals surface area contributed by atoms with Crippen LogP contribution in [0.25, 0.3) is 10.9 Å². The number of benzene rings is 2. The molecule has 1 heterocycles. The molecule has 0 N–H and O–H groups in total. The van der Waals surface area contributed by atoms with Crippen molar-refractivity contribution in [3.8, 4) is 17.6 Å². The molecule has 1 aromatic heterocycles. The number of nitrogens with zero attached hydrogens (tertiary/aromatic N) is 2. The minimum atomic E-state index is -0.375. The van der Waals surface area contributed by atoms with Gasteiger partial charge in [-0.2, -0.15) is 5.26 Å². The highest BCUT2D eigenvalue weighted by atomic mass is 32.2. The summed E-state index contributed by atoms with van der Waals surface area (Å²) >= 11 is 1.64. The lowest BCUT2D eigenvalue weighted by atomic mass is 10.1. The van der Waals surface area contributed by atoms with Crippen molar-refractivity contribution in [2.45, 2.75) is 4.90 Å². The van der Waals surface area contributed by atoms with Gasteiger partial charge in [0.2, 0.25) is 0 Å². The Bertz CT molecular complexity index is 872. The number of thioether (sulfide) groups is 1. The van der Waals surface area contributed by atoms with Crippen LogP contribution >= 0.6 is 11.8 Å². The molecular formula is C17H11FN2OS. The second kappa shape index (κ2) is 6.04. The molecule has 0 radical (unpaired) electrons. The first-order chi connectivity index (χ1) is 10.7. The number of hydrogen-bond donors (Lipinski definition) is 0. The van der Waals surface area contributed by atoms with E-state index in [0.29, 0.717) is 28.0 Å². The summed E-state index contributed by atoms with van der Waals surface area (Å²) in [5.74, 6) is 0.635. The van der Waals surface area contributed by atoms with E-state index in [1.54, 1.807) is 17.8 Å². The van der Waals surface area contributed by atoms with E-state index in [-0.39, 0.29) is 5.82 Å². The lowest BCUT2D eigenvalue weighted by Crippen LogP contribution is -1.93. The fourth-order valence-corrected chi connectivity index (χ4v) is 2.50. The molecule has 22 heavy (non-hydrogen) atoms. The summed E-state index contributed by atoms with van der Waals surface area (Å²) in [7, 11) is 0. The molecule has 0 unspecified atom stereocenters.